The fourth-order valence-corrected chi connectivity index (χ4v) is 1.91. The zero-order valence-corrected chi connectivity index (χ0v) is 12.9. The third kappa shape index (κ3) is 4.76. The zero-order chi connectivity index (χ0) is 17.7. The van der Waals surface area contributed by atoms with E-state index in [4.69, 9.17) is 9.52 Å². The number of benzene rings is 1. The number of aliphatic hydroxyl groups is 1. The molecule has 1 aromatic carbocycles. The fraction of sp³-hybridized carbons (Fsp3) is 0.312. The summed E-state index contributed by atoms with van der Waals surface area (Å²) in [7, 11) is 0. The Morgan fingerprint density at radius 2 is 1.88 bits per heavy atom. The van der Waals surface area contributed by atoms with Gasteiger partial charge < -0.3 is 20.2 Å². The van der Waals surface area contributed by atoms with Crippen LogP contribution in [-0.4, -0.2) is 23.7 Å². The van der Waals surface area contributed by atoms with Gasteiger partial charge in [0.15, 0.2) is 0 Å². The van der Waals surface area contributed by atoms with Gasteiger partial charge in [0.25, 0.3) is 5.91 Å². The van der Waals surface area contributed by atoms with E-state index < -0.39 is 11.9 Å². The van der Waals surface area contributed by atoms with Crippen LogP contribution >= 0.6 is 0 Å². The number of aliphatic hydroxyl groups excluding tert-OH is 1. The van der Waals surface area contributed by atoms with Crippen molar-refractivity contribution in [2.75, 3.05) is 11.9 Å². The van der Waals surface area contributed by atoms with Crippen LogP contribution in [0.4, 0.5) is 18.9 Å². The van der Waals surface area contributed by atoms with E-state index in [1.54, 1.807) is 31.2 Å². The average molecular weight is 342 g/mol. The van der Waals surface area contributed by atoms with Gasteiger partial charge in [0, 0.05) is 17.3 Å². The molecule has 0 saturated carbocycles. The van der Waals surface area contributed by atoms with Crippen LogP contribution in [0.25, 0.3) is 0 Å². The van der Waals surface area contributed by atoms with Crippen LogP contribution in [0.5, 0.6) is 0 Å². The number of anilines is 1. The lowest BCUT2D eigenvalue weighted by molar-refractivity contribution is -0.153. The minimum Gasteiger partial charge on any atom is -0.455 e. The maximum atomic E-state index is 12.4. The van der Waals surface area contributed by atoms with Gasteiger partial charge in [-0.05, 0) is 43.3 Å². The Bertz CT molecular complexity index is 681. The number of hydrogen-bond donors (Lipinski definition) is 3. The van der Waals surface area contributed by atoms with Gasteiger partial charge >= 0.3 is 6.18 Å². The van der Waals surface area contributed by atoms with Crippen molar-refractivity contribution in [1.82, 2.24) is 5.32 Å². The molecule has 0 saturated heterocycles. The minimum atomic E-state index is -4.50. The van der Waals surface area contributed by atoms with Gasteiger partial charge in [-0.2, -0.15) is 13.2 Å². The minimum absolute atomic E-state index is 0.0865. The molecule has 1 unspecified atom stereocenters. The van der Waals surface area contributed by atoms with E-state index in [9.17, 15) is 18.0 Å². The van der Waals surface area contributed by atoms with Crippen molar-refractivity contribution in [3.05, 3.63) is 53.5 Å². The molecule has 0 radical (unpaired) electrons. The Labute approximate surface area is 136 Å². The van der Waals surface area contributed by atoms with Gasteiger partial charge in [-0.1, -0.05) is 0 Å². The highest BCUT2D eigenvalue weighted by atomic mass is 19.4. The van der Waals surface area contributed by atoms with Crippen molar-refractivity contribution in [1.29, 1.82) is 0 Å². The van der Waals surface area contributed by atoms with E-state index in [1.807, 2.05) is 0 Å². The van der Waals surface area contributed by atoms with E-state index >= 15 is 0 Å². The number of hydrogen-bond acceptors (Lipinski definition) is 4. The molecule has 0 fully saturated rings. The summed E-state index contributed by atoms with van der Waals surface area (Å²) in [6.45, 7) is 1.60. The topological polar surface area (TPSA) is 74.5 Å². The number of alkyl halides is 3. The molecule has 0 bridgehead atoms. The molecule has 2 rings (SSSR count). The van der Waals surface area contributed by atoms with Crippen molar-refractivity contribution in [2.24, 2.45) is 0 Å². The lowest BCUT2D eigenvalue weighted by Gasteiger charge is -2.11. The van der Waals surface area contributed by atoms with Crippen LogP contribution < -0.4 is 10.6 Å². The standard InChI is InChI=1S/C16H17F3N2O3/c1-10(9-22)21-15(23)11-2-4-12(5-3-11)20-8-13-6-7-14(24-13)16(17,18)19/h2-7,10,20,22H,8-9H2,1H3,(H,21,23). The van der Waals surface area contributed by atoms with Crippen molar-refractivity contribution in [3.63, 3.8) is 0 Å². The summed E-state index contributed by atoms with van der Waals surface area (Å²) in [5.41, 5.74) is 1.05. The van der Waals surface area contributed by atoms with E-state index in [2.05, 4.69) is 10.6 Å². The predicted octanol–water partition coefficient (Wildman–Crippen LogP) is 3.02. The average Bonchev–Trinajstić information content (AvgIpc) is 3.02. The number of rotatable bonds is 6. The third-order valence-corrected chi connectivity index (χ3v) is 3.21. The quantitative estimate of drug-likeness (QED) is 0.754. The van der Waals surface area contributed by atoms with Crippen LogP contribution in [0.15, 0.2) is 40.8 Å². The SMILES string of the molecule is CC(CO)NC(=O)c1ccc(NCc2ccc(C(F)(F)F)o2)cc1. The molecule has 1 heterocycles. The highest BCUT2D eigenvalue weighted by Gasteiger charge is 2.34. The Morgan fingerprint density at radius 1 is 1.21 bits per heavy atom. The lowest BCUT2D eigenvalue weighted by Crippen LogP contribution is -2.34. The molecule has 5 nitrogen and oxygen atoms in total. The molecule has 130 valence electrons. The second-order valence-electron chi connectivity index (χ2n) is 5.25. The molecule has 24 heavy (non-hydrogen) atoms. The van der Waals surface area contributed by atoms with Gasteiger partial charge in [0.05, 0.1) is 13.2 Å². The van der Waals surface area contributed by atoms with Gasteiger partial charge in [0.2, 0.25) is 5.76 Å². The van der Waals surface area contributed by atoms with Gasteiger partial charge in [-0.25, -0.2) is 0 Å². The molecule has 0 aliphatic heterocycles. The van der Waals surface area contributed by atoms with Crippen molar-refractivity contribution < 1.29 is 27.5 Å². The van der Waals surface area contributed by atoms with Crippen LogP contribution in [0.1, 0.15) is 28.8 Å². The van der Waals surface area contributed by atoms with E-state index in [0.29, 0.717) is 11.3 Å². The second-order valence-corrected chi connectivity index (χ2v) is 5.25. The lowest BCUT2D eigenvalue weighted by atomic mass is 10.2. The first-order valence-electron chi connectivity index (χ1n) is 7.21. The fourth-order valence-electron chi connectivity index (χ4n) is 1.91. The van der Waals surface area contributed by atoms with E-state index in [0.717, 1.165) is 6.07 Å². The van der Waals surface area contributed by atoms with Crippen LogP contribution in [0, 0.1) is 0 Å². The molecule has 2 aromatic rings. The highest BCUT2D eigenvalue weighted by molar-refractivity contribution is 5.94. The normalized spacial score (nSPS) is 12.7. The first-order valence-corrected chi connectivity index (χ1v) is 7.21. The summed E-state index contributed by atoms with van der Waals surface area (Å²) in [5.74, 6) is -1.20. The molecule has 1 amide bonds. The number of carbonyl (C=O) groups excluding carboxylic acids is 1. The molecule has 0 aliphatic carbocycles. The molecule has 3 N–H and O–H groups in total. The number of halogens is 3. The van der Waals surface area contributed by atoms with Crippen LogP contribution in [0.3, 0.4) is 0 Å². The number of nitrogens with one attached hydrogen (secondary N) is 2. The van der Waals surface area contributed by atoms with Crippen molar-refractivity contribution in [2.45, 2.75) is 25.7 Å². The van der Waals surface area contributed by atoms with Gasteiger partial charge in [-0.3, -0.25) is 4.79 Å². The summed E-state index contributed by atoms with van der Waals surface area (Å²) in [6.07, 6.45) is -4.50. The maximum absolute atomic E-state index is 12.4. The summed E-state index contributed by atoms with van der Waals surface area (Å²) >= 11 is 0. The molecular weight excluding hydrogens is 325 g/mol. The maximum Gasteiger partial charge on any atom is 0.449 e. The second kappa shape index (κ2) is 7.39. The molecule has 0 spiro atoms. The van der Waals surface area contributed by atoms with E-state index in [1.165, 1.54) is 6.07 Å². The Kier molecular flexibility index (Phi) is 5.50. The largest absolute Gasteiger partial charge is 0.455 e. The summed E-state index contributed by atoms with van der Waals surface area (Å²) in [4.78, 5) is 11.8. The molecule has 1 aromatic heterocycles. The van der Waals surface area contributed by atoms with E-state index in [-0.39, 0.29) is 30.9 Å². The third-order valence-electron chi connectivity index (χ3n) is 3.21. The summed E-state index contributed by atoms with van der Waals surface area (Å²) in [5, 5.41) is 14.4. The van der Waals surface area contributed by atoms with Crippen LogP contribution in [0.2, 0.25) is 0 Å². The number of carbonyl (C=O) groups is 1. The van der Waals surface area contributed by atoms with Gasteiger partial charge in [0.1, 0.15) is 5.76 Å². The number of furan rings is 1. The monoisotopic (exact) mass is 342 g/mol. The highest BCUT2D eigenvalue weighted by Crippen LogP contribution is 2.30. The Hall–Kier alpha value is -2.48. The smallest absolute Gasteiger partial charge is 0.449 e. The molecule has 8 heteroatoms. The molecule has 1 atom stereocenters. The summed E-state index contributed by atoms with van der Waals surface area (Å²) in [6, 6.07) is 8.20. The Morgan fingerprint density at radius 3 is 2.42 bits per heavy atom. The van der Waals surface area contributed by atoms with Crippen LogP contribution in [-0.2, 0) is 12.7 Å². The summed E-state index contributed by atoms with van der Waals surface area (Å²) < 4.78 is 42.0. The predicted molar refractivity (Wildman–Crippen MR) is 81.5 cm³/mol. The first kappa shape index (κ1) is 17.9. The Balaban J connectivity index is 1.92. The first-order chi connectivity index (χ1) is 11.3. The zero-order valence-electron chi connectivity index (χ0n) is 12.9. The van der Waals surface area contributed by atoms with Crippen molar-refractivity contribution >= 4 is 11.6 Å². The molecular formula is C16H17F3N2O3. The van der Waals surface area contributed by atoms with Gasteiger partial charge in [-0.15, -0.1) is 0 Å². The van der Waals surface area contributed by atoms with Crippen molar-refractivity contribution in [3.8, 4) is 0 Å². The molecule has 0 aliphatic rings. The number of amides is 1.